The molecule has 1 heteroatoms. The Balaban J connectivity index is 1.91. The molecule has 1 aliphatic rings. The minimum absolute atomic E-state index is 0.153. The quantitative estimate of drug-likeness (QED) is 0.190. The molecule has 0 aromatic heterocycles. The number of allylic oxidation sites excluding steroid dienone is 1. The van der Waals surface area contributed by atoms with Gasteiger partial charge in [0.1, 0.15) is 12.4 Å². The number of ether oxygens (including phenoxy) is 1. The fraction of sp³-hybridized carbons (Fsp3) is 0.531. The summed E-state index contributed by atoms with van der Waals surface area (Å²) in [6, 6.07) is 17.7. The van der Waals surface area contributed by atoms with E-state index in [4.69, 9.17) is 4.74 Å². The zero-order valence-electron chi connectivity index (χ0n) is 21.5. The maximum atomic E-state index is 6.58. The van der Waals surface area contributed by atoms with E-state index in [1.165, 1.54) is 73.6 Å². The highest BCUT2D eigenvalue weighted by molar-refractivity contribution is 5.44. The molecular formula is C32H45O. The summed E-state index contributed by atoms with van der Waals surface area (Å²) in [6.07, 6.45) is 13.7. The standard InChI is InChI=1S/C32H45O/c1-6-7-8-15-22-32(4,5)27-20-21-30(29-19-14-10-13-18-28(29)25(2)3)31(23-27)33-24-26-16-11-9-12-17-26/h9,11-12,14,16-17,20-21,23,28-29H,2,6-8,10,13,15,18-19,22,24H2,1,3-5H3/t28-,29-/m0/s1. The first kappa shape index (κ1) is 25.6. The van der Waals surface area contributed by atoms with Crippen molar-refractivity contribution in [3.8, 4) is 5.75 Å². The molecule has 1 radical (unpaired) electrons. The van der Waals surface area contributed by atoms with Gasteiger partial charge in [-0.25, -0.2) is 0 Å². The van der Waals surface area contributed by atoms with Gasteiger partial charge in [0.25, 0.3) is 0 Å². The number of rotatable bonds is 11. The Morgan fingerprint density at radius 2 is 1.85 bits per heavy atom. The summed E-state index contributed by atoms with van der Waals surface area (Å²) in [5.41, 5.74) is 5.44. The second-order valence-electron chi connectivity index (χ2n) is 10.7. The Morgan fingerprint density at radius 1 is 1.06 bits per heavy atom. The minimum Gasteiger partial charge on any atom is -0.489 e. The van der Waals surface area contributed by atoms with Crippen LogP contribution in [-0.2, 0) is 12.0 Å². The summed E-state index contributed by atoms with van der Waals surface area (Å²) in [6.45, 7) is 14.3. The Kier molecular flexibility index (Phi) is 9.65. The Labute approximate surface area is 203 Å². The molecule has 0 bridgehead atoms. The fourth-order valence-corrected chi connectivity index (χ4v) is 5.34. The zero-order chi connectivity index (χ0) is 23.7. The highest BCUT2D eigenvalue weighted by Gasteiger charge is 2.29. The van der Waals surface area contributed by atoms with Gasteiger partial charge in [-0.3, -0.25) is 0 Å². The van der Waals surface area contributed by atoms with Crippen molar-refractivity contribution in [3.63, 3.8) is 0 Å². The van der Waals surface area contributed by atoms with Crippen molar-refractivity contribution in [2.75, 3.05) is 0 Å². The molecule has 1 nitrogen and oxygen atoms in total. The molecule has 2 aromatic carbocycles. The van der Waals surface area contributed by atoms with Crippen molar-refractivity contribution in [1.82, 2.24) is 0 Å². The van der Waals surface area contributed by atoms with E-state index in [0.717, 1.165) is 12.2 Å². The van der Waals surface area contributed by atoms with Gasteiger partial charge in [0, 0.05) is 0 Å². The van der Waals surface area contributed by atoms with Gasteiger partial charge in [0.2, 0.25) is 0 Å². The zero-order valence-corrected chi connectivity index (χ0v) is 21.5. The van der Waals surface area contributed by atoms with Gasteiger partial charge in [-0.2, -0.15) is 0 Å². The van der Waals surface area contributed by atoms with Crippen LogP contribution < -0.4 is 4.74 Å². The lowest BCUT2D eigenvalue weighted by Crippen LogP contribution is -2.19. The maximum absolute atomic E-state index is 6.58. The minimum atomic E-state index is 0.153. The molecule has 0 N–H and O–H groups in total. The molecule has 1 saturated carbocycles. The molecule has 33 heavy (non-hydrogen) atoms. The molecule has 0 unspecified atom stereocenters. The molecule has 2 atom stereocenters. The lowest BCUT2D eigenvalue weighted by atomic mass is 9.76. The van der Waals surface area contributed by atoms with Crippen molar-refractivity contribution in [2.24, 2.45) is 5.92 Å². The van der Waals surface area contributed by atoms with Crippen molar-refractivity contribution in [2.45, 2.75) is 103 Å². The first-order valence-electron chi connectivity index (χ1n) is 13.2. The van der Waals surface area contributed by atoms with Crippen LogP contribution in [0, 0.1) is 12.3 Å². The Morgan fingerprint density at radius 3 is 2.58 bits per heavy atom. The van der Waals surface area contributed by atoms with Gasteiger partial charge in [0.15, 0.2) is 0 Å². The lowest BCUT2D eigenvalue weighted by Gasteiger charge is -2.30. The van der Waals surface area contributed by atoms with Gasteiger partial charge in [-0.15, -0.1) is 0 Å². The predicted molar refractivity (Wildman–Crippen MR) is 143 cm³/mol. The number of hydrogen-bond acceptors (Lipinski definition) is 1. The van der Waals surface area contributed by atoms with Gasteiger partial charge < -0.3 is 4.74 Å². The Hall–Kier alpha value is -2.02. The highest BCUT2D eigenvalue weighted by atomic mass is 16.5. The monoisotopic (exact) mass is 445 g/mol. The third-order valence-corrected chi connectivity index (χ3v) is 7.55. The highest BCUT2D eigenvalue weighted by Crippen LogP contribution is 2.44. The summed E-state index contributed by atoms with van der Waals surface area (Å²) >= 11 is 0. The van der Waals surface area contributed by atoms with Crippen LogP contribution in [0.2, 0.25) is 0 Å². The second-order valence-corrected chi connectivity index (χ2v) is 10.7. The average Bonchev–Trinajstić information content (AvgIpc) is 3.07. The molecule has 0 heterocycles. The van der Waals surface area contributed by atoms with Gasteiger partial charge in [0.05, 0.1) is 0 Å². The van der Waals surface area contributed by atoms with E-state index in [-0.39, 0.29) is 5.41 Å². The van der Waals surface area contributed by atoms with Crippen LogP contribution in [0.4, 0.5) is 0 Å². The largest absolute Gasteiger partial charge is 0.489 e. The molecule has 1 fully saturated rings. The summed E-state index contributed by atoms with van der Waals surface area (Å²) in [7, 11) is 0. The van der Waals surface area contributed by atoms with Crippen molar-refractivity contribution < 1.29 is 4.74 Å². The van der Waals surface area contributed by atoms with E-state index < -0.39 is 0 Å². The van der Waals surface area contributed by atoms with E-state index in [1.807, 2.05) is 0 Å². The van der Waals surface area contributed by atoms with Crippen molar-refractivity contribution >= 4 is 0 Å². The molecule has 0 amide bonds. The Bertz CT molecular complexity index is 863. The molecule has 0 saturated heterocycles. The predicted octanol–water partition coefficient (Wildman–Crippen LogP) is 9.57. The van der Waals surface area contributed by atoms with E-state index in [2.05, 4.69) is 89.2 Å². The number of unbranched alkanes of at least 4 members (excludes halogenated alkanes) is 3. The first-order chi connectivity index (χ1) is 15.9. The molecule has 0 spiro atoms. The van der Waals surface area contributed by atoms with E-state index >= 15 is 0 Å². The number of benzene rings is 2. The van der Waals surface area contributed by atoms with Crippen molar-refractivity contribution in [3.05, 3.63) is 83.8 Å². The molecule has 179 valence electrons. The van der Waals surface area contributed by atoms with Crippen LogP contribution in [0.15, 0.2) is 60.7 Å². The summed E-state index contributed by atoms with van der Waals surface area (Å²) in [5.74, 6) is 2.05. The van der Waals surface area contributed by atoms with Gasteiger partial charge in [-0.1, -0.05) is 114 Å². The van der Waals surface area contributed by atoms with Crippen LogP contribution in [0.1, 0.15) is 108 Å². The number of hydrogen-bond donors (Lipinski definition) is 0. The summed E-state index contributed by atoms with van der Waals surface area (Å²) in [4.78, 5) is 0. The molecule has 2 aromatic rings. The van der Waals surface area contributed by atoms with Gasteiger partial charge in [-0.05, 0) is 72.6 Å². The van der Waals surface area contributed by atoms with E-state index in [9.17, 15) is 0 Å². The first-order valence-corrected chi connectivity index (χ1v) is 13.2. The maximum Gasteiger partial charge on any atom is 0.123 e. The molecular weight excluding hydrogens is 400 g/mol. The lowest BCUT2D eigenvalue weighted by molar-refractivity contribution is 0.296. The third kappa shape index (κ3) is 7.23. The SMILES string of the molecule is C=C(C)[C@@H]1CCC[CH]C[C@@H]1c1ccc(C(C)(C)CCCCCC)cc1OCc1ccccc1. The van der Waals surface area contributed by atoms with E-state index in [0.29, 0.717) is 18.4 Å². The summed E-state index contributed by atoms with van der Waals surface area (Å²) < 4.78 is 6.58. The molecule has 0 aliphatic heterocycles. The molecule has 3 rings (SSSR count). The van der Waals surface area contributed by atoms with Crippen LogP contribution in [0.5, 0.6) is 5.75 Å². The van der Waals surface area contributed by atoms with Crippen LogP contribution in [0.25, 0.3) is 0 Å². The van der Waals surface area contributed by atoms with Gasteiger partial charge >= 0.3 is 0 Å². The van der Waals surface area contributed by atoms with Crippen LogP contribution >= 0.6 is 0 Å². The van der Waals surface area contributed by atoms with E-state index in [1.54, 1.807) is 0 Å². The molecule has 1 aliphatic carbocycles. The van der Waals surface area contributed by atoms with Crippen molar-refractivity contribution in [1.29, 1.82) is 0 Å². The van der Waals surface area contributed by atoms with Crippen LogP contribution in [-0.4, -0.2) is 0 Å². The summed E-state index contributed by atoms with van der Waals surface area (Å²) in [5, 5.41) is 0. The fourth-order valence-electron chi connectivity index (χ4n) is 5.34. The van der Waals surface area contributed by atoms with Crippen LogP contribution in [0.3, 0.4) is 0 Å². The normalized spacial score (nSPS) is 19.2. The topological polar surface area (TPSA) is 9.23 Å². The second kappa shape index (κ2) is 12.4. The smallest absolute Gasteiger partial charge is 0.123 e. The third-order valence-electron chi connectivity index (χ3n) is 7.55. The average molecular weight is 446 g/mol.